The number of ether oxygens (including phenoxy) is 1. The van der Waals surface area contributed by atoms with E-state index in [0.29, 0.717) is 18.0 Å². The van der Waals surface area contributed by atoms with E-state index in [1.807, 2.05) is 66.2 Å². The maximum Gasteiger partial charge on any atom is 0.234 e. The molecule has 2 heterocycles. The van der Waals surface area contributed by atoms with Gasteiger partial charge in [-0.3, -0.25) is 4.79 Å². The van der Waals surface area contributed by atoms with Gasteiger partial charge >= 0.3 is 0 Å². The van der Waals surface area contributed by atoms with Gasteiger partial charge in [0.1, 0.15) is 10.8 Å². The van der Waals surface area contributed by atoms with Crippen molar-refractivity contribution in [3.63, 3.8) is 0 Å². The summed E-state index contributed by atoms with van der Waals surface area (Å²) in [4.78, 5) is 17.1. The SMILES string of the molecule is CCOc1ccccc1NC(=O)CSc1nccn2nc(-c3cccc4ccccc34)cc12. The van der Waals surface area contributed by atoms with Gasteiger partial charge < -0.3 is 10.1 Å². The number of amides is 1. The predicted octanol–water partition coefficient (Wildman–Crippen LogP) is 5.68. The molecule has 6 nitrogen and oxygen atoms in total. The second-order valence-electron chi connectivity index (χ2n) is 7.38. The van der Waals surface area contributed by atoms with Crippen molar-refractivity contribution in [2.24, 2.45) is 0 Å². The van der Waals surface area contributed by atoms with Crippen molar-refractivity contribution >= 4 is 39.6 Å². The molecule has 0 fully saturated rings. The molecule has 3 aromatic carbocycles. The standard InChI is InChI=1S/C26H22N4O2S/c1-2-32-24-13-6-5-12-21(24)28-25(31)17-33-26-23-16-22(29-30(23)15-14-27-26)20-11-7-9-18-8-3-4-10-19(18)20/h3-16H,2,17H2,1H3,(H,28,31). The molecule has 0 unspecified atom stereocenters. The molecule has 0 aliphatic carbocycles. The van der Waals surface area contributed by atoms with Crippen LogP contribution in [0, 0.1) is 0 Å². The average molecular weight is 455 g/mol. The van der Waals surface area contributed by atoms with Crippen LogP contribution in [0.1, 0.15) is 6.92 Å². The molecule has 1 amide bonds. The molecule has 33 heavy (non-hydrogen) atoms. The smallest absolute Gasteiger partial charge is 0.234 e. The Morgan fingerprint density at radius 2 is 1.88 bits per heavy atom. The third-order valence-electron chi connectivity index (χ3n) is 5.22. The molecule has 2 aromatic heterocycles. The molecule has 0 atom stereocenters. The van der Waals surface area contributed by atoms with Crippen LogP contribution >= 0.6 is 11.8 Å². The number of para-hydroxylation sites is 2. The number of fused-ring (bicyclic) bond motifs is 2. The van der Waals surface area contributed by atoms with Crippen molar-refractivity contribution < 1.29 is 9.53 Å². The van der Waals surface area contributed by atoms with Gasteiger partial charge in [-0.15, -0.1) is 0 Å². The third-order valence-corrected chi connectivity index (χ3v) is 6.22. The number of nitrogens with zero attached hydrogens (tertiary/aromatic N) is 3. The summed E-state index contributed by atoms with van der Waals surface area (Å²) in [5.74, 6) is 0.765. The van der Waals surface area contributed by atoms with Crippen LogP contribution in [0.4, 0.5) is 5.69 Å². The second kappa shape index (κ2) is 9.34. The third kappa shape index (κ3) is 4.40. The molecular formula is C26H22N4O2S. The van der Waals surface area contributed by atoms with Gasteiger partial charge in [0.25, 0.3) is 0 Å². The van der Waals surface area contributed by atoms with Crippen molar-refractivity contribution in [3.05, 3.63) is 85.2 Å². The number of carbonyl (C=O) groups is 1. The monoisotopic (exact) mass is 454 g/mol. The Hall–Kier alpha value is -3.84. The van der Waals surface area contributed by atoms with Crippen molar-refractivity contribution in [2.75, 3.05) is 17.7 Å². The number of rotatable bonds is 7. The van der Waals surface area contributed by atoms with Crippen LogP contribution in [-0.2, 0) is 4.79 Å². The number of benzene rings is 3. The summed E-state index contributed by atoms with van der Waals surface area (Å²) in [6, 6.07) is 23.9. The van der Waals surface area contributed by atoms with E-state index in [4.69, 9.17) is 9.84 Å². The Bertz CT molecular complexity index is 1440. The maximum atomic E-state index is 12.6. The van der Waals surface area contributed by atoms with Gasteiger partial charge in [-0.2, -0.15) is 5.10 Å². The van der Waals surface area contributed by atoms with Crippen LogP contribution < -0.4 is 10.1 Å². The van der Waals surface area contributed by atoms with E-state index in [2.05, 4.69) is 34.6 Å². The largest absolute Gasteiger partial charge is 0.492 e. The molecule has 0 bridgehead atoms. The molecule has 0 spiro atoms. The summed E-state index contributed by atoms with van der Waals surface area (Å²) < 4.78 is 7.40. The second-order valence-corrected chi connectivity index (χ2v) is 8.35. The van der Waals surface area contributed by atoms with E-state index in [9.17, 15) is 4.79 Å². The zero-order valence-corrected chi connectivity index (χ0v) is 18.9. The predicted molar refractivity (Wildman–Crippen MR) is 133 cm³/mol. The van der Waals surface area contributed by atoms with Gasteiger partial charge in [-0.05, 0) is 35.9 Å². The topological polar surface area (TPSA) is 68.5 Å². The minimum Gasteiger partial charge on any atom is -0.492 e. The van der Waals surface area contributed by atoms with Gasteiger partial charge in [0.15, 0.2) is 0 Å². The molecule has 1 N–H and O–H groups in total. The minimum atomic E-state index is -0.121. The van der Waals surface area contributed by atoms with E-state index in [1.165, 1.54) is 17.1 Å². The molecule has 164 valence electrons. The van der Waals surface area contributed by atoms with Crippen molar-refractivity contribution in [3.8, 4) is 17.0 Å². The Morgan fingerprint density at radius 3 is 2.79 bits per heavy atom. The number of nitrogens with one attached hydrogen (secondary N) is 1. The first-order valence-electron chi connectivity index (χ1n) is 10.7. The lowest BCUT2D eigenvalue weighted by molar-refractivity contribution is -0.113. The van der Waals surface area contributed by atoms with Crippen molar-refractivity contribution in [2.45, 2.75) is 11.9 Å². The summed E-state index contributed by atoms with van der Waals surface area (Å²) >= 11 is 1.38. The molecule has 0 radical (unpaired) electrons. The molecular weight excluding hydrogens is 432 g/mol. The summed E-state index contributed by atoms with van der Waals surface area (Å²) in [7, 11) is 0. The number of anilines is 1. The van der Waals surface area contributed by atoms with E-state index < -0.39 is 0 Å². The fourth-order valence-electron chi connectivity index (χ4n) is 3.76. The number of hydrogen-bond acceptors (Lipinski definition) is 5. The zero-order valence-electron chi connectivity index (χ0n) is 18.1. The summed E-state index contributed by atoms with van der Waals surface area (Å²) in [6.07, 6.45) is 3.53. The molecule has 5 rings (SSSR count). The highest BCUT2D eigenvalue weighted by Crippen LogP contribution is 2.31. The van der Waals surface area contributed by atoms with E-state index in [0.717, 1.165) is 27.2 Å². The number of aromatic nitrogens is 3. The first-order chi connectivity index (χ1) is 16.2. The Kier molecular flexibility index (Phi) is 5.95. The Morgan fingerprint density at radius 1 is 1.06 bits per heavy atom. The van der Waals surface area contributed by atoms with E-state index in [-0.39, 0.29) is 11.7 Å². The lowest BCUT2D eigenvalue weighted by Crippen LogP contribution is -2.15. The molecule has 0 aliphatic rings. The van der Waals surface area contributed by atoms with Gasteiger partial charge in [0, 0.05) is 18.0 Å². The van der Waals surface area contributed by atoms with Crippen molar-refractivity contribution in [1.29, 1.82) is 0 Å². The maximum absolute atomic E-state index is 12.6. The average Bonchev–Trinajstić information content (AvgIpc) is 3.28. The quantitative estimate of drug-likeness (QED) is 0.321. The number of thioether (sulfide) groups is 1. The lowest BCUT2D eigenvalue weighted by atomic mass is 10.0. The molecule has 7 heteroatoms. The van der Waals surface area contributed by atoms with Crippen LogP contribution in [-0.4, -0.2) is 32.9 Å². The van der Waals surface area contributed by atoms with Crippen molar-refractivity contribution in [1.82, 2.24) is 14.6 Å². The van der Waals surface area contributed by atoms with Crippen LogP contribution in [0.2, 0.25) is 0 Å². The van der Waals surface area contributed by atoms with Crippen LogP contribution in [0.15, 0.2) is 90.2 Å². The Labute approximate surface area is 195 Å². The van der Waals surface area contributed by atoms with Crippen LogP contribution in [0.5, 0.6) is 5.75 Å². The lowest BCUT2D eigenvalue weighted by Gasteiger charge is -2.11. The summed E-state index contributed by atoms with van der Waals surface area (Å²) in [5, 5.41) is 10.8. The van der Waals surface area contributed by atoms with E-state index >= 15 is 0 Å². The fourth-order valence-corrected chi connectivity index (χ4v) is 4.54. The van der Waals surface area contributed by atoms with Crippen LogP contribution in [0.3, 0.4) is 0 Å². The number of hydrogen-bond donors (Lipinski definition) is 1. The normalized spacial score (nSPS) is 11.1. The molecule has 0 saturated heterocycles. The summed E-state index contributed by atoms with van der Waals surface area (Å²) in [5.41, 5.74) is 3.47. The zero-order chi connectivity index (χ0) is 22.6. The fraction of sp³-hybridized carbons (Fsp3) is 0.115. The first kappa shape index (κ1) is 21.0. The van der Waals surface area contributed by atoms with Gasteiger partial charge in [0.2, 0.25) is 5.91 Å². The Balaban J connectivity index is 1.38. The highest BCUT2D eigenvalue weighted by Gasteiger charge is 2.14. The van der Waals surface area contributed by atoms with Gasteiger partial charge in [-0.1, -0.05) is 66.4 Å². The molecule has 5 aromatic rings. The minimum absolute atomic E-state index is 0.121. The highest BCUT2D eigenvalue weighted by molar-refractivity contribution is 8.00. The van der Waals surface area contributed by atoms with E-state index in [1.54, 1.807) is 6.20 Å². The van der Waals surface area contributed by atoms with Gasteiger partial charge in [0.05, 0.1) is 29.3 Å². The molecule has 0 saturated carbocycles. The van der Waals surface area contributed by atoms with Crippen LogP contribution in [0.25, 0.3) is 27.5 Å². The summed E-state index contributed by atoms with van der Waals surface area (Å²) in [6.45, 7) is 2.45. The number of carbonyl (C=O) groups excluding carboxylic acids is 1. The highest BCUT2D eigenvalue weighted by atomic mass is 32.2. The molecule has 0 aliphatic heterocycles. The first-order valence-corrected chi connectivity index (χ1v) is 11.7. The van der Waals surface area contributed by atoms with Gasteiger partial charge in [-0.25, -0.2) is 9.50 Å².